The van der Waals surface area contributed by atoms with Gasteiger partial charge in [-0.05, 0) is 11.6 Å². The molecule has 1 heterocycles. The highest BCUT2D eigenvalue weighted by molar-refractivity contribution is 8.00. The molecule has 122 valence electrons. The molecule has 0 amide bonds. The van der Waals surface area contributed by atoms with Gasteiger partial charge in [0.15, 0.2) is 0 Å². The first-order valence-corrected chi connectivity index (χ1v) is 7.21. The summed E-state index contributed by atoms with van der Waals surface area (Å²) < 4.78 is 84.9. The van der Waals surface area contributed by atoms with E-state index in [4.69, 9.17) is 4.74 Å². The van der Waals surface area contributed by atoms with E-state index in [1.165, 1.54) is 6.07 Å². The van der Waals surface area contributed by atoms with Gasteiger partial charge in [-0.25, -0.2) is 17.6 Å². The summed E-state index contributed by atoms with van der Waals surface area (Å²) in [5, 5.41) is -3.17. The number of hydrogen-bond donors (Lipinski definition) is 0. The van der Waals surface area contributed by atoms with Gasteiger partial charge in [-0.1, -0.05) is 17.8 Å². The monoisotopic (exact) mass is 350 g/mol. The maximum absolute atomic E-state index is 13.4. The molecule has 0 fully saturated rings. The van der Waals surface area contributed by atoms with E-state index < -0.39 is 41.0 Å². The summed E-state index contributed by atoms with van der Waals surface area (Å²) in [6, 6.07) is 4.58. The Bertz CT molecular complexity index is 742. The summed E-state index contributed by atoms with van der Waals surface area (Å²) in [6.45, 7) is 0. The number of rotatable bonds is 3. The fourth-order valence-corrected chi connectivity index (χ4v) is 3.40. The van der Waals surface area contributed by atoms with Crippen molar-refractivity contribution in [2.75, 3.05) is 0 Å². The molecule has 0 saturated heterocycles. The molecule has 0 unspecified atom stereocenters. The fraction of sp³-hybridized carbons (Fsp3) is 0.200. The number of alkyl halides is 4. The summed E-state index contributed by atoms with van der Waals surface area (Å²) in [7, 11) is 0. The van der Waals surface area contributed by atoms with Crippen molar-refractivity contribution in [3.63, 3.8) is 0 Å². The van der Waals surface area contributed by atoms with Crippen LogP contribution in [0.3, 0.4) is 0 Å². The lowest BCUT2D eigenvalue weighted by Gasteiger charge is -2.14. The van der Waals surface area contributed by atoms with Crippen LogP contribution in [-0.4, -0.2) is 5.25 Å². The number of thioether (sulfide) groups is 1. The van der Waals surface area contributed by atoms with Crippen LogP contribution in [0.5, 0.6) is 11.5 Å². The van der Waals surface area contributed by atoms with Gasteiger partial charge in [-0.2, -0.15) is 8.78 Å². The molecular formula is C15H8F6OS. The van der Waals surface area contributed by atoms with Crippen LogP contribution in [0.2, 0.25) is 0 Å². The zero-order valence-corrected chi connectivity index (χ0v) is 12.1. The molecule has 0 spiro atoms. The van der Waals surface area contributed by atoms with Crippen LogP contribution in [0.15, 0.2) is 35.2 Å². The Morgan fingerprint density at radius 1 is 1.04 bits per heavy atom. The van der Waals surface area contributed by atoms with E-state index in [2.05, 4.69) is 0 Å². The lowest BCUT2D eigenvalue weighted by Crippen LogP contribution is -2.06. The molecule has 1 nitrogen and oxygen atoms in total. The highest BCUT2D eigenvalue weighted by atomic mass is 32.2. The van der Waals surface area contributed by atoms with E-state index in [0.717, 1.165) is 18.2 Å². The van der Waals surface area contributed by atoms with E-state index in [0.29, 0.717) is 6.07 Å². The molecular weight excluding hydrogens is 342 g/mol. The lowest BCUT2D eigenvalue weighted by atomic mass is 10.1. The summed E-state index contributed by atoms with van der Waals surface area (Å²) in [4.78, 5) is -0.251. The van der Waals surface area contributed by atoms with Gasteiger partial charge in [0.05, 0.1) is 5.56 Å². The minimum Gasteiger partial charge on any atom is -0.457 e. The zero-order chi connectivity index (χ0) is 16.8. The van der Waals surface area contributed by atoms with Crippen molar-refractivity contribution in [1.29, 1.82) is 0 Å². The van der Waals surface area contributed by atoms with Crippen molar-refractivity contribution in [3.05, 3.63) is 53.1 Å². The first-order chi connectivity index (χ1) is 10.7. The molecule has 2 aromatic carbocycles. The molecule has 23 heavy (non-hydrogen) atoms. The minimum atomic E-state index is -3.17. The van der Waals surface area contributed by atoms with Crippen molar-refractivity contribution in [1.82, 2.24) is 0 Å². The first kappa shape index (κ1) is 16.0. The third-order valence-corrected chi connectivity index (χ3v) is 4.30. The normalized spacial score (nSPS) is 15.8. The second kappa shape index (κ2) is 5.67. The Hall–Kier alpha value is -1.83. The van der Waals surface area contributed by atoms with E-state index in [-0.39, 0.29) is 28.0 Å². The van der Waals surface area contributed by atoms with E-state index in [1.807, 2.05) is 0 Å². The van der Waals surface area contributed by atoms with Gasteiger partial charge in [0.2, 0.25) is 0 Å². The SMILES string of the molecule is Fc1cc(F)cc(Oc2ccc3c(c2C(F)F)SC(F)(F)C3)c1. The Morgan fingerprint density at radius 3 is 2.30 bits per heavy atom. The summed E-state index contributed by atoms with van der Waals surface area (Å²) in [6.07, 6.45) is -3.72. The smallest absolute Gasteiger partial charge is 0.302 e. The molecule has 0 aromatic heterocycles. The van der Waals surface area contributed by atoms with Crippen LogP contribution in [0.1, 0.15) is 17.6 Å². The maximum atomic E-state index is 13.4. The average molecular weight is 350 g/mol. The molecule has 0 bridgehead atoms. The van der Waals surface area contributed by atoms with Crippen LogP contribution in [0, 0.1) is 11.6 Å². The van der Waals surface area contributed by atoms with Gasteiger partial charge >= 0.3 is 5.25 Å². The largest absolute Gasteiger partial charge is 0.457 e. The molecule has 8 heteroatoms. The number of benzene rings is 2. The van der Waals surface area contributed by atoms with Gasteiger partial charge in [0.1, 0.15) is 23.1 Å². The molecule has 3 rings (SSSR count). The van der Waals surface area contributed by atoms with Gasteiger partial charge in [0, 0.05) is 29.5 Å². The second-order valence-electron chi connectivity index (χ2n) is 4.89. The molecule has 2 aromatic rings. The minimum absolute atomic E-state index is 0.0378. The highest BCUT2D eigenvalue weighted by Gasteiger charge is 2.42. The zero-order valence-electron chi connectivity index (χ0n) is 11.3. The summed E-state index contributed by atoms with van der Waals surface area (Å²) in [5.41, 5.74) is -0.609. The number of hydrogen-bond acceptors (Lipinski definition) is 2. The second-order valence-corrected chi connectivity index (χ2v) is 6.10. The van der Waals surface area contributed by atoms with Crippen molar-refractivity contribution in [2.24, 2.45) is 0 Å². The van der Waals surface area contributed by atoms with Gasteiger partial charge in [-0.15, -0.1) is 0 Å². The predicted molar refractivity (Wildman–Crippen MR) is 72.3 cm³/mol. The first-order valence-electron chi connectivity index (χ1n) is 6.40. The van der Waals surface area contributed by atoms with Crippen molar-refractivity contribution < 1.29 is 31.1 Å². The fourth-order valence-electron chi connectivity index (χ4n) is 2.30. The van der Waals surface area contributed by atoms with Crippen molar-refractivity contribution >= 4 is 11.8 Å². The van der Waals surface area contributed by atoms with E-state index in [1.54, 1.807) is 0 Å². The predicted octanol–water partition coefficient (Wildman–Crippen LogP) is 5.94. The van der Waals surface area contributed by atoms with Crippen LogP contribution < -0.4 is 4.74 Å². The molecule has 0 saturated carbocycles. The summed E-state index contributed by atoms with van der Waals surface area (Å²) >= 11 is 0.0378. The molecule has 1 aliphatic rings. The number of halogens is 6. The Balaban J connectivity index is 2.04. The van der Waals surface area contributed by atoms with Gasteiger partial charge < -0.3 is 4.74 Å². The quantitative estimate of drug-likeness (QED) is 0.634. The molecule has 1 aliphatic heterocycles. The van der Waals surface area contributed by atoms with Crippen molar-refractivity contribution in [2.45, 2.75) is 23.0 Å². The van der Waals surface area contributed by atoms with Crippen LogP contribution in [0.25, 0.3) is 0 Å². The lowest BCUT2D eigenvalue weighted by molar-refractivity contribution is 0.111. The topological polar surface area (TPSA) is 9.23 Å². The van der Waals surface area contributed by atoms with Gasteiger partial charge in [-0.3, -0.25) is 0 Å². The van der Waals surface area contributed by atoms with Crippen LogP contribution in [-0.2, 0) is 6.42 Å². The Morgan fingerprint density at radius 2 is 1.70 bits per heavy atom. The van der Waals surface area contributed by atoms with Gasteiger partial charge in [0.25, 0.3) is 6.43 Å². The van der Waals surface area contributed by atoms with Crippen molar-refractivity contribution in [3.8, 4) is 11.5 Å². The Labute approximate surface area is 131 Å². The molecule has 0 atom stereocenters. The number of ether oxygens (including phenoxy) is 1. The summed E-state index contributed by atoms with van der Waals surface area (Å²) in [5.74, 6) is -2.63. The highest BCUT2D eigenvalue weighted by Crippen LogP contribution is 2.53. The van der Waals surface area contributed by atoms with E-state index >= 15 is 0 Å². The average Bonchev–Trinajstić information content (AvgIpc) is 2.70. The maximum Gasteiger partial charge on any atom is 0.302 e. The molecule has 0 radical (unpaired) electrons. The van der Waals surface area contributed by atoms with Crippen LogP contribution in [0.4, 0.5) is 26.3 Å². The molecule has 0 N–H and O–H groups in total. The van der Waals surface area contributed by atoms with Crippen LogP contribution >= 0.6 is 11.8 Å². The molecule has 0 aliphatic carbocycles. The third kappa shape index (κ3) is 3.26. The van der Waals surface area contributed by atoms with E-state index in [9.17, 15) is 26.3 Å². The Kier molecular flexibility index (Phi) is 3.95. The third-order valence-electron chi connectivity index (χ3n) is 3.17. The standard InChI is InChI=1S/C15H8F6OS/c16-8-3-9(17)5-10(4-8)22-11-2-1-7-6-15(20,21)23-13(7)12(11)14(18)19/h1-5,14H,6H2. The number of fused-ring (bicyclic) bond motifs is 1.